The molecule has 5 heteroatoms. The van der Waals surface area contributed by atoms with Gasteiger partial charge < -0.3 is 9.73 Å². The molecule has 0 radical (unpaired) electrons. The SMILES string of the molecule is N#Cc1cnc(NCc2ccco2)nc1. The Labute approximate surface area is 86.4 Å². The van der Waals surface area contributed by atoms with Crippen molar-refractivity contribution in [2.45, 2.75) is 6.54 Å². The largest absolute Gasteiger partial charge is 0.467 e. The Morgan fingerprint density at radius 1 is 1.40 bits per heavy atom. The van der Waals surface area contributed by atoms with Crippen molar-refractivity contribution in [2.75, 3.05) is 5.32 Å². The van der Waals surface area contributed by atoms with Gasteiger partial charge in [-0.2, -0.15) is 5.26 Å². The normalized spacial score (nSPS) is 9.53. The van der Waals surface area contributed by atoms with E-state index in [0.717, 1.165) is 5.76 Å². The lowest BCUT2D eigenvalue weighted by molar-refractivity contribution is 0.517. The van der Waals surface area contributed by atoms with Crippen molar-refractivity contribution in [3.8, 4) is 6.07 Å². The molecular weight excluding hydrogens is 192 g/mol. The Morgan fingerprint density at radius 3 is 2.80 bits per heavy atom. The lowest BCUT2D eigenvalue weighted by atomic mass is 10.4. The van der Waals surface area contributed by atoms with Gasteiger partial charge in [0, 0.05) is 0 Å². The predicted molar refractivity (Wildman–Crippen MR) is 52.8 cm³/mol. The van der Waals surface area contributed by atoms with E-state index in [1.165, 1.54) is 12.4 Å². The van der Waals surface area contributed by atoms with Gasteiger partial charge >= 0.3 is 0 Å². The summed E-state index contributed by atoms with van der Waals surface area (Å²) in [6.07, 6.45) is 4.55. The number of hydrogen-bond donors (Lipinski definition) is 1. The average molecular weight is 200 g/mol. The zero-order chi connectivity index (χ0) is 10.5. The second kappa shape index (κ2) is 4.24. The Balaban J connectivity index is 1.97. The van der Waals surface area contributed by atoms with Crippen molar-refractivity contribution in [2.24, 2.45) is 0 Å². The first kappa shape index (κ1) is 9.21. The maximum Gasteiger partial charge on any atom is 0.223 e. The number of nitrogens with zero attached hydrogens (tertiary/aromatic N) is 3. The molecule has 0 aliphatic carbocycles. The molecule has 0 fully saturated rings. The minimum absolute atomic E-state index is 0.443. The van der Waals surface area contributed by atoms with E-state index < -0.39 is 0 Å². The summed E-state index contributed by atoms with van der Waals surface area (Å²) >= 11 is 0. The number of rotatable bonds is 3. The summed E-state index contributed by atoms with van der Waals surface area (Å²) in [5, 5.41) is 11.5. The van der Waals surface area contributed by atoms with Crippen LogP contribution in [0.1, 0.15) is 11.3 Å². The highest BCUT2D eigenvalue weighted by Gasteiger charge is 1.98. The van der Waals surface area contributed by atoms with E-state index >= 15 is 0 Å². The molecule has 2 aromatic rings. The molecule has 2 aromatic heterocycles. The molecule has 0 saturated carbocycles. The third-order valence-electron chi connectivity index (χ3n) is 1.78. The van der Waals surface area contributed by atoms with E-state index in [9.17, 15) is 0 Å². The lowest BCUT2D eigenvalue weighted by Crippen LogP contribution is -2.02. The van der Waals surface area contributed by atoms with Crippen LogP contribution in [0.25, 0.3) is 0 Å². The minimum atomic E-state index is 0.443. The first-order chi connectivity index (χ1) is 7.38. The van der Waals surface area contributed by atoms with Gasteiger partial charge in [-0.25, -0.2) is 9.97 Å². The third kappa shape index (κ3) is 2.31. The summed E-state index contributed by atoms with van der Waals surface area (Å²) in [6.45, 7) is 0.527. The fourth-order valence-corrected chi connectivity index (χ4v) is 1.06. The fraction of sp³-hybridized carbons (Fsp3) is 0.100. The highest BCUT2D eigenvalue weighted by molar-refractivity contribution is 5.30. The van der Waals surface area contributed by atoms with E-state index in [4.69, 9.17) is 9.68 Å². The molecule has 5 nitrogen and oxygen atoms in total. The molecule has 0 spiro atoms. The number of furan rings is 1. The van der Waals surface area contributed by atoms with Crippen molar-refractivity contribution in [1.82, 2.24) is 9.97 Å². The molecule has 0 saturated heterocycles. The topological polar surface area (TPSA) is 74.7 Å². The van der Waals surface area contributed by atoms with Crippen LogP contribution in [0, 0.1) is 11.3 Å². The number of nitriles is 1. The second-order valence-electron chi connectivity index (χ2n) is 2.84. The van der Waals surface area contributed by atoms with E-state index in [-0.39, 0.29) is 0 Å². The van der Waals surface area contributed by atoms with Crippen molar-refractivity contribution >= 4 is 5.95 Å². The van der Waals surface area contributed by atoms with Gasteiger partial charge in [-0.3, -0.25) is 0 Å². The fourth-order valence-electron chi connectivity index (χ4n) is 1.06. The summed E-state index contributed by atoms with van der Waals surface area (Å²) in [4.78, 5) is 7.93. The Kier molecular flexibility index (Phi) is 2.61. The predicted octanol–water partition coefficient (Wildman–Crippen LogP) is 1.55. The van der Waals surface area contributed by atoms with Crippen molar-refractivity contribution in [3.63, 3.8) is 0 Å². The van der Waals surface area contributed by atoms with Crippen LogP contribution >= 0.6 is 0 Å². The van der Waals surface area contributed by atoms with E-state index in [2.05, 4.69) is 15.3 Å². The molecule has 2 heterocycles. The monoisotopic (exact) mass is 200 g/mol. The molecule has 0 bridgehead atoms. The van der Waals surface area contributed by atoms with Gasteiger partial charge in [-0.1, -0.05) is 0 Å². The minimum Gasteiger partial charge on any atom is -0.467 e. The quantitative estimate of drug-likeness (QED) is 0.813. The van der Waals surface area contributed by atoms with Gasteiger partial charge in [0.1, 0.15) is 11.8 Å². The highest BCUT2D eigenvalue weighted by Crippen LogP contribution is 2.04. The molecule has 0 aliphatic heterocycles. The van der Waals surface area contributed by atoms with Crippen LogP contribution in [0.5, 0.6) is 0 Å². The summed E-state index contributed by atoms with van der Waals surface area (Å²) in [5.41, 5.74) is 0.443. The zero-order valence-electron chi connectivity index (χ0n) is 7.84. The number of aromatic nitrogens is 2. The molecular formula is C10H8N4O. The van der Waals surface area contributed by atoms with E-state index in [0.29, 0.717) is 18.1 Å². The third-order valence-corrected chi connectivity index (χ3v) is 1.78. The van der Waals surface area contributed by atoms with Crippen LogP contribution < -0.4 is 5.32 Å². The molecule has 0 atom stereocenters. The first-order valence-electron chi connectivity index (χ1n) is 4.37. The average Bonchev–Trinajstić information content (AvgIpc) is 2.80. The number of hydrogen-bond acceptors (Lipinski definition) is 5. The van der Waals surface area contributed by atoms with Crippen molar-refractivity contribution in [1.29, 1.82) is 5.26 Å². The van der Waals surface area contributed by atoms with E-state index in [1.807, 2.05) is 18.2 Å². The van der Waals surface area contributed by atoms with Crippen LogP contribution in [0.3, 0.4) is 0 Å². The summed E-state index contributed by atoms with van der Waals surface area (Å²) in [7, 11) is 0. The standard InChI is InChI=1S/C10H8N4O/c11-4-8-5-12-10(13-6-8)14-7-9-2-1-3-15-9/h1-3,5-6H,7H2,(H,12,13,14). The van der Waals surface area contributed by atoms with Crippen LogP contribution in [0.4, 0.5) is 5.95 Å². The Morgan fingerprint density at radius 2 is 2.20 bits per heavy atom. The summed E-state index contributed by atoms with van der Waals surface area (Å²) in [6, 6.07) is 5.63. The number of anilines is 1. The van der Waals surface area contributed by atoms with Crippen molar-refractivity contribution < 1.29 is 4.42 Å². The smallest absolute Gasteiger partial charge is 0.223 e. The summed E-state index contributed by atoms with van der Waals surface area (Å²) in [5.74, 6) is 1.29. The molecule has 15 heavy (non-hydrogen) atoms. The molecule has 0 amide bonds. The first-order valence-corrected chi connectivity index (χ1v) is 4.37. The molecule has 1 N–H and O–H groups in total. The van der Waals surface area contributed by atoms with Gasteiger partial charge in [-0.05, 0) is 12.1 Å². The number of nitrogens with one attached hydrogen (secondary N) is 1. The van der Waals surface area contributed by atoms with Crippen LogP contribution in [0.2, 0.25) is 0 Å². The van der Waals surface area contributed by atoms with Gasteiger partial charge in [0.2, 0.25) is 5.95 Å². The molecule has 0 unspecified atom stereocenters. The molecule has 0 aliphatic rings. The highest BCUT2D eigenvalue weighted by atomic mass is 16.3. The Hall–Kier alpha value is -2.35. The molecule has 0 aromatic carbocycles. The van der Waals surface area contributed by atoms with Crippen molar-refractivity contribution in [3.05, 3.63) is 42.1 Å². The van der Waals surface area contributed by atoms with Gasteiger partial charge in [-0.15, -0.1) is 0 Å². The Bertz CT molecular complexity index is 455. The van der Waals surface area contributed by atoms with Crippen LogP contribution in [0.15, 0.2) is 35.2 Å². The van der Waals surface area contributed by atoms with Gasteiger partial charge in [0.25, 0.3) is 0 Å². The molecule has 74 valence electrons. The summed E-state index contributed by atoms with van der Waals surface area (Å²) < 4.78 is 5.13. The van der Waals surface area contributed by atoms with Gasteiger partial charge in [0.15, 0.2) is 0 Å². The second-order valence-corrected chi connectivity index (χ2v) is 2.84. The van der Waals surface area contributed by atoms with Crippen LogP contribution in [-0.2, 0) is 6.54 Å². The maximum absolute atomic E-state index is 8.54. The lowest BCUT2D eigenvalue weighted by Gasteiger charge is -2.00. The van der Waals surface area contributed by atoms with E-state index in [1.54, 1.807) is 6.26 Å². The molecule has 2 rings (SSSR count). The zero-order valence-corrected chi connectivity index (χ0v) is 7.84. The van der Waals surface area contributed by atoms with Gasteiger partial charge in [0.05, 0.1) is 30.8 Å². The maximum atomic E-state index is 8.54. The van der Waals surface area contributed by atoms with Crippen LogP contribution in [-0.4, -0.2) is 9.97 Å².